The summed E-state index contributed by atoms with van der Waals surface area (Å²) in [4.78, 5) is 2.55. The molecule has 3 N–H and O–H groups in total. The maximum Gasteiger partial charge on any atom is 0.0869 e. The zero-order valence-electron chi connectivity index (χ0n) is 10.8. The number of allylic oxidation sites excluding steroid dienone is 1. The van der Waals surface area contributed by atoms with Gasteiger partial charge in [0.05, 0.1) is 12.7 Å². The first kappa shape index (κ1) is 13.0. The van der Waals surface area contributed by atoms with Crippen LogP contribution in [0.2, 0.25) is 0 Å². The molecule has 98 valence electrons. The fourth-order valence-electron chi connectivity index (χ4n) is 2.86. The monoisotopic (exact) mass is 239 g/mol. The molecule has 2 fully saturated rings. The van der Waals surface area contributed by atoms with Crippen LogP contribution in [0.3, 0.4) is 0 Å². The quantitative estimate of drug-likeness (QED) is 0.427. The van der Waals surface area contributed by atoms with Crippen molar-refractivity contribution in [3.63, 3.8) is 0 Å². The number of morpholine rings is 1. The number of nitrogens with zero attached hydrogens (tertiary/aromatic N) is 1. The van der Waals surface area contributed by atoms with Gasteiger partial charge in [-0.1, -0.05) is 5.57 Å². The molecule has 0 amide bonds. The Morgan fingerprint density at radius 2 is 2.47 bits per heavy atom. The van der Waals surface area contributed by atoms with Crippen LogP contribution in [0.15, 0.2) is 12.2 Å². The van der Waals surface area contributed by atoms with Gasteiger partial charge in [-0.2, -0.15) is 0 Å². The maximum absolute atomic E-state index is 5.96. The Morgan fingerprint density at radius 3 is 3.18 bits per heavy atom. The van der Waals surface area contributed by atoms with Gasteiger partial charge in [0, 0.05) is 18.6 Å². The molecule has 17 heavy (non-hydrogen) atoms. The third-order valence-corrected chi connectivity index (χ3v) is 3.96. The molecule has 2 rings (SSSR count). The molecular weight excluding hydrogens is 214 g/mol. The van der Waals surface area contributed by atoms with Crippen LogP contribution < -0.4 is 11.3 Å². The summed E-state index contributed by atoms with van der Waals surface area (Å²) in [5.74, 6) is 5.65. The minimum atomic E-state index is 0.230. The predicted octanol–water partition coefficient (Wildman–Crippen LogP) is 1.04. The van der Waals surface area contributed by atoms with Gasteiger partial charge in [0.25, 0.3) is 0 Å². The molecule has 0 aromatic rings. The minimum Gasteiger partial charge on any atom is -0.374 e. The normalized spacial score (nSPS) is 31.2. The first-order chi connectivity index (χ1) is 8.20. The van der Waals surface area contributed by atoms with Gasteiger partial charge >= 0.3 is 0 Å². The van der Waals surface area contributed by atoms with Crippen molar-refractivity contribution >= 4 is 0 Å². The fraction of sp³-hybridized carbons (Fsp3) is 0.846. The van der Waals surface area contributed by atoms with Crippen LogP contribution in [-0.4, -0.2) is 42.8 Å². The minimum absolute atomic E-state index is 0.230. The number of rotatable bonds is 5. The van der Waals surface area contributed by atoms with E-state index in [0.717, 1.165) is 26.0 Å². The van der Waals surface area contributed by atoms with Crippen molar-refractivity contribution in [3.05, 3.63) is 12.2 Å². The molecule has 0 radical (unpaired) electrons. The molecule has 0 spiro atoms. The van der Waals surface area contributed by atoms with Crippen LogP contribution in [0.5, 0.6) is 0 Å². The molecule has 0 saturated carbocycles. The molecule has 3 unspecified atom stereocenters. The van der Waals surface area contributed by atoms with Crippen molar-refractivity contribution in [3.8, 4) is 0 Å². The molecule has 4 heteroatoms. The van der Waals surface area contributed by atoms with Crippen LogP contribution >= 0.6 is 0 Å². The topological polar surface area (TPSA) is 50.5 Å². The van der Waals surface area contributed by atoms with E-state index in [-0.39, 0.29) is 12.1 Å². The van der Waals surface area contributed by atoms with Crippen LogP contribution in [0.1, 0.15) is 32.6 Å². The summed E-state index contributed by atoms with van der Waals surface area (Å²) in [5, 5.41) is 0. The molecule has 0 aliphatic carbocycles. The Hall–Kier alpha value is -0.420. The first-order valence-electron chi connectivity index (χ1n) is 6.67. The zero-order chi connectivity index (χ0) is 12.3. The molecule has 4 nitrogen and oxygen atoms in total. The molecule has 2 aliphatic heterocycles. The second kappa shape index (κ2) is 5.96. The smallest absolute Gasteiger partial charge is 0.0869 e. The molecule has 2 aliphatic rings. The Balaban J connectivity index is 1.84. The van der Waals surface area contributed by atoms with Crippen molar-refractivity contribution in [2.24, 2.45) is 5.84 Å². The highest BCUT2D eigenvalue weighted by atomic mass is 16.5. The van der Waals surface area contributed by atoms with Crippen LogP contribution in [0, 0.1) is 0 Å². The van der Waals surface area contributed by atoms with Gasteiger partial charge < -0.3 is 4.74 Å². The highest BCUT2D eigenvalue weighted by Gasteiger charge is 2.35. The van der Waals surface area contributed by atoms with E-state index in [9.17, 15) is 0 Å². The average molecular weight is 239 g/mol. The summed E-state index contributed by atoms with van der Waals surface area (Å²) in [6, 6.07) is 0.902. The molecular formula is C13H25N3O. The van der Waals surface area contributed by atoms with Gasteiger partial charge in [-0.05, 0) is 39.2 Å². The van der Waals surface area contributed by atoms with Crippen molar-refractivity contribution < 1.29 is 4.74 Å². The predicted molar refractivity (Wildman–Crippen MR) is 69.5 cm³/mol. The lowest BCUT2D eigenvalue weighted by atomic mass is 10.0. The standard InChI is InChI=1S/C13H25N3O/c1-10(2)5-6-12(15-14)13-8-16-7-3-4-11(16)9-17-13/h11-13,15H,1,3-9,14H2,2H3. The number of hydrazine groups is 1. The SMILES string of the molecule is C=C(C)CCC(NN)C1CN2CCCC2CO1. The van der Waals surface area contributed by atoms with Crippen molar-refractivity contribution in [2.75, 3.05) is 19.7 Å². The summed E-state index contributed by atoms with van der Waals surface area (Å²) < 4.78 is 5.96. The molecule has 0 aromatic carbocycles. The number of nitrogens with two attached hydrogens (primary N) is 1. The largest absolute Gasteiger partial charge is 0.374 e. The van der Waals surface area contributed by atoms with Gasteiger partial charge in [0.2, 0.25) is 0 Å². The summed E-state index contributed by atoms with van der Waals surface area (Å²) in [6.07, 6.45) is 4.85. The number of nitrogens with one attached hydrogen (secondary N) is 1. The highest BCUT2D eigenvalue weighted by molar-refractivity contribution is 4.93. The van der Waals surface area contributed by atoms with Crippen molar-refractivity contribution in [1.29, 1.82) is 0 Å². The van der Waals surface area contributed by atoms with Gasteiger partial charge in [-0.25, -0.2) is 0 Å². The summed E-state index contributed by atoms with van der Waals surface area (Å²) in [6.45, 7) is 9.12. The second-order valence-electron chi connectivity index (χ2n) is 5.43. The van der Waals surface area contributed by atoms with E-state index in [1.165, 1.54) is 25.0 Å². The molecule has 0 aromatic heterocycles. The zero-order valence-corrected chi connectivity index (χ0v) is 10.8. The molecule has 2 heterocycles. The van der Waals surface area contributed by atoms with Crippen LogP contribution in [-0.2, 0) is 4.74 Å². The van der Waals surface area contributed by atoms with E-state index in [1.54, 1.807) is 0 Å². The lowest BCUT2D eigenvalue weighted by Gasteiger charge is -2.38. The second-order valence-corrected chi connectivity index (χ2v) is 5.43. The van der Waals surface area contributed by atoms with Gasteiger partial charge in [0.1, 0.15) is 0 Å². The highest BCUT2D eigenvalue weighted by Crippen LogP contribution is 2.24. The van der Waals surface area contributed by atoms with E-state index in [1.807, 2.05) is 0 Å². The average Bonchev–Trinajstić information content (AvgIpc) is 2.76. The number of hydrogen-bond acceptors (Lipinski definition) is 4. The van der Waals surface area contributed by atoms with E-state index in [0.29, 0.717) is 6.04 Å². The molecule has 0 bridgehead atoms. The maximum atomic E-state index is 5.96. The Morgan fingerprint density at radius 1 is 1.65 bits per heavy atom. The van der Waals surface area contributed by atoms with Crippen molar-refractivity contribution in [1.82, 2.24) is 10.3 Å². The third kappa shape index (κ3) is 3.28. The summed E-state index contributed by atoms with van der Waals surface area (Å²) in [5.41, 5.74) is 4.12. The Bertz CT molecular complexity index is 269. The number of ether oxygens (including phenoxy) is 1. The van der Waals surface area contributed by atoms with Gasteiger partial charge in [-0.15, -0.1) is 6.58 Å². The van der Waals surface area contributed by atoms with E-state index < -0.39 is 0 Å². The molecule has 3 atom stereocenters. The number of hydrogen-bond donors (Lipinski definition) is 2. The first-order valence-corrected chi connectivity index (χ1v) is 6.67. The van der Waals surface area contributed by atoms with E-state index in [2.05, 4.69) is 23.8 Å². The summed E-state index contributed by atoms with van der Waals surface area (Å²) >= 11 is 0. The van der Waals surface area contributed by atoms with E-state index >= 15 is 0 Å². The number of fused-ring (bicyclic) bond motifs is 1. The lowest BCUT2D eigenvalue weighted by molar-refractivity contribution is -0.0655. The summed E-state index contributed by atoms with van der Waals surface area (Å²) in [7, 11) is 0. The van der Waals surface area contributed by atoms with Crippen LogP contribution in [0.25, 0.3) is 0 Å². The van der Waals surface area contributed by atoms with Crippen molar-refractivity contribution in [2.45, 2.75) is 50.8 Å². The Labute approximate surface area is 104 Å². The van der Waals surface area contributed by atoms with Gasteiger partial charge in [0.15, 0.2) is 0 Å². The Kier molecular flexibility index (Phi) is 4.56. The third-order valence-electron chi connectivity index (χ3n) is 3.96. The molecule has 2 saturated heterocycles. The van der Waals surface area contributed by atoms with Gasteiger partial charge in [-0.3, -0.25) is 16.2 Å². The fourth-order valence-corrected chi connectivity index (χ4v) is 2.86. The van der Waals surface area contributed by atoms with Crippen LogP contribution in [0.4, 0.5) is 0 Å². The van der Waals surface area contributed by atoms with E-state index in [4.69, 9.17) is 10.6 Å². The lowest BCUT2D eigenvalue weighted by Crippen LogP contribution is -2.55.